The first kappa shape index (κ1) is 10.3. The Morgan fingerprint density at radius 1 is 1.16 bits per heavy atom. The number of hydrogen-bond acceptors (Lipinski definition) is 2. The van der Waals surface area contributed by atoms with Gasteiger partial charge in [-0.15, -0.1) is 0 Å². The molecule has 0 atom stereocenters. The van der Waals surface area contributed by atoms with Gasteiger partial charge in [0.25, 0.3) is 5.56 Å². The van der Waals surface area contributed by atoms with Crippen molar-refractivity contribution in [1.82, 2.24) is 14.5 Å². The maximum Gasteiger partial charge on any atom is 0.272 e. The van der Waals surface area contributed by atoms with E-state index in [4.69, 9.17) is 0 Å². The molecule has 0 unspecified atom stereocenters. The Bertz CT molecular complexity index is 995. The lowest BCUT2D eigenvalue weighted by Gasteiger charge is -2.00. The highest BCUT2D eigenvalue weighted by Gasteiger charge is 2.14. The summed E-state index contributed by atoms with van der Waals surface area (Å²) in [5.74, 6) is 0. The monoisotopic (exact) mass is 249 g/mol. The van der Waals surface area contributed by atoms with Crippen LogP contribution < -0.4 is 5.56 Å². The van der Waals surface area contributed by atoms with Crippen LogP contribution in [0.25, 0.3) is 32.7 Å². The molecule has 0 fully saturated rings. The third-order valence-corrected chi connectivity index (χ3v) is 3.66. The number of pyridine rings is 2. The summed E-state index contributed by atoms with van der Waals surface area (Å²) >= 11 is 0. The molecular weight excluding hydrogens is 238 g/mol. The van der Waals surface area contributed by atoms with Crippen LogP contribution in [0.3, 0.4) is 0 Å². The molecule has 0 aliphatic carbocycles. The summed E-state index contributed by atoms with van der Waals surface area (Å²) in [7, 11) is 1.92. The van der Waals surface area contributed by atoms with Gasteiger partial charge >= 0.3 is 0 Å². The molecule has 0 aliphatic heterocycles. The number of fused-ring (bicyclic) bond motifs is 5. The molecule has 3 heterocycles. The Labute approximate surface area is 108 Å². The standard InChI is InChI=1S/C15H11N3O/c1-18-12-5-3-2-4-9(12)13-10-8-16-7-6-11(10)17-15(19)14(13)18/h2-8H,1H3,(H,17,19). The van der Waals surface area contributed by atoms with Gasteiger partial charge < -0.3 is 9.55 Å². The predicted octanol–water partition coefficient (Wildman–Crippen LogP) is 2.57. The molecule has 0 radical (unpaired) electrons. The zero-order valence-electron chi connectivity index (χ0n) is 10.3. The van der Waals surface area contributed by atoms with Crippen LogP contribution in [0, 0.1) is 0 Å². The molecule has 19 heavy (non-hydrogen) atoms. The Morgan fingerprint density at radius 2 is 2.00 bits per heavy atom. The van der Waals surface area contributed by atoms with E-state index < -0.39 is 0 Å². The van der Waals surface area contributed by atoms with E-state index in [0.717, 1.165) is 27.2 Å². The number of hydrogen-bond donors (Lipinski definition) is 1. The van der Waals surface area contributed by atoms with Gasteiger partial charge in [0.05, 0.1) is 5.52 Å². The second-order valence-electron chi connectivity index (χ2n) is 4.68. The highest BCUT2D eigenvalue weighted by Crippen LogP contribution is 2.30. The second kappa shape index (κ2) is 3.45. The van der Waals surface area contributed by atoms with E-state index in [2.05, 4.69) is 9.97 Å². The van der Waals surface area contributed by atoms with E-state index >= 15 is 0 Å². The molecule has 92 valence electrons. The molecule has 0 amide bonds. The van der Waals surface area contributed by atoms with E-state index in [1.807, 2.05) is 41.9 Å². The highest BCUT2D eigenvalue weighted by atomic mass is 16.1. The van der Waals surface area contributed by atoms with Gasteiger partial charge in [-0.2, -0.15) is 0 Å². The first-order valence-corrected chi connectivity index (χ1v) is 6.10. The van der Waals surface area contributed by atoms with E-state index in [1.165, 1.54) is 0 Å². The van der Waals surface area contributed by atoms with Crippen LogP contribution in [0.4, 0.5) is 0 Å². The number of nitrogens with one attached hydrogen (secondary N) is 1. The van der Waals surface area contributed by atoms with E-state index in [1.54, 1.807) is 12.4 Å². The Hall–Kier alpha value is -2.62. The Morgan fingerprint density at radius 3 is 2.89 bits per heavy atom. The first-order valence-electron chi connectivity index (χ1n) is 6.10. The first-order chi connectivity index (χ1) is 9.27. The lowest BCUT2D eigenvalue weighted by molar-refractivity contribution is 1.00. The van der Waals surface area contributed by atoms with Gasteiger partial charge in [0, 0.05) is 41.1 Å². The molecule has 4 nitrogen and oxygen atoms in total. The van der Waals surface area contributed by atoms with Crippen molar-refractivity contribution in [1.29, 1.82) is 0 Å². The summed E-state index contributed by atoms with van der Waals surface area (Å²) < 4.78 is 1.94. The van der Waals surface area contributed by atoms with Crippen molar-refractivity contribution >= 4 is 32.7 Å². The van der Waals surface area contributed by atoms with Crippen molar-refractivity contribution in [2.24, 2.45) is 7.05 Å². The molecule has 4 rings (SSSR count). The minimum absolute atomic E-state index is 0.0626. The summed E-state index contributed by atoms with van der Waals surface area (Å²) in [6.45, 7) is 0. The van der Waals surface area contributed by atoms with Gasteiger partial charge in [-0.25, -0.2) is 0 Å². The number of nitrogens with zero attached hydrogens (tertiary/aromatic N) is 2. The molecule has 0 spiro atoms. The zero-order chi connectivity index (χ0) is 13.0. The third-order valence-electron chi connectivity index (χ3n) is 3.66. The summed E-state index contributed by atoms with van der Waals surface area (Å²) in [5, 5.41) is 3.04. The lowest BCUT2D eigenvalue weighted by Crippen LogP contribution is -2.09. The number of aromatic amines is 1. The van der Waals surface area contributed by atoms with Crippen LogP contribution >= 0.6 is 0 Å². The fourth-order valence-electron chi connectivity index (χ4n) is 2.82. The minimum Gasteiger partial charge on any atom is -0.339 e. The molecule has 1 N–H and O–H groups in total. The second-order valence-corrected chi connectivity index (χ2v) is 4.68. The Kier molecular flexibility index (Phi) is 1.87. The predicted molar refractivity (Wildman–Crippen MR) is 76.3 cm³/mol. The molecule has 3 aromatic heterocycles. The van der Waals surface area contributed by atoms with Crippen molar-refractivity contribution in [3.8, 4) is 0 Å². The van der Waals surface area contributed by atoms with E-state index in [0.29, 0.717) is 5.52 Å². The number of rotatable bonds is 0. The fraction of sp³-hybridized carbons (Fsp3) is 0.0667. The maximum absolute atomic E-state index is 12.3. The minimum atomic E-state index is -0.0626. The summed E-state index contributed by atoms with van der Waals surface area (Å²) in [6.07, 6.45) is 3.50. The Balaban J connectivity index is 2.49. The molecular formula is C15H11N3O. The van der Waals surface area contributed by atoms with Crippen molar-refractivity contribution in [2.45, 2.75) is 0 Å². The summed E-state index contributed by atoms with van der Waals surface area (Å²) in [5.41, 5.74) is 2.51. The van der Waals surface area contributed by atoms with Crippen molar-refractivity contribution in [3.05, 3.63) is 53.1 Å². The summed E-state index contributed by atoms with van der Waals surface area (Å²) in [4.78, 5) is 19.4. The van der Waals surface area contributed by atoms with Crippen LogP contribution in [0.2, 0.25) is 0 Å². The van der Waals surface area contributed by atoms with Gasteiger partial charge in [-0.05, 0) is 12.1 Å². The highest BCUT2D eigenvalue weighted by molar-refractivity contribution is 6.19. The van der Waals surface area contributed by atoms with Gasteiger partial charge in [0.2, 0.25) is 0 Å². The van der Waals surface area contributed by atoms with Gasteiger partial charge in [0.15, 0.2) is 0 Å². The van der Waals surface area contributed by atoms with Gasteiger partial charge in [-0.3, -0.25) is 9.78 Å². The molecule has 0 saturated heterocycles. The zero-order valence-corrected chi connectivity index (χ0v) is 10.3. The van der Waals surface area contributed by atoms with Gasteiger partial charge in [0.1, 0.15) is 5.52 Å². The molecule has 4 heteroatoms. The average Bonchev–Trinajstić information content (AvgIpc) is 2.74. The topological polar surface area (TPSA) is 50.7 Å². The van der Waals surface area contributed by atoms with E-state index in [9.17, 15) is 4.79 Å². The fourth-order valence-corrected chi connectivity index (χ4v) is 2.82. The molecule has 4 aromatic rings. The van der Waals surface area contributed by atoms with Gasteiger partial charge in [-0.1, -0.05) is 18.2 Å². The van der Waals surface area contributed by atoms with Crippen molar-refractivity contribution in [3.63, 3.8) is 0 Å². The SMILES string of the molecule is Cn1c2ccccc2c2c3cnccc3[nH]c(=O)c21. The number of H-pyrrole nitrogens is 1. The lowest BCUT2D eigenvalue weighted by atomic mass is 10.1. The molecule has 0 aliphatic rings. The van der Waals surface area contributed by atoms with Crippen LogP contribution in [0.1, 0.15) is 0 Å². The number of para-hydroxylation sites is 1. The maximum atomic E-state index is 12.3. The molecule has 0 saturated carbocycles. The van der Waals surface area contributed by atoms with E-state index in [-0.39, 0.29) is 5.56 Å². The molecule has 1 aromatic carbocycles. The summed E-state index contributed by atoms with van der Waals surface area (Å²) in [6, 6.07) is 9.87. The molecule has 0 bridgehead atoms. The number of aromatic nitrogens is 3. The normalized spacial score (nSPS) is 11.6. The third kappa shape index (κ3) is 1.23. The van der Waals surface area contributed by atoms with Crippen LogP contribution in [-0.2, 0) is 7.05 Å². The van der Waals surface area contributed by atoms with Crippen LogP contribution in [0.5, 0.6) is 0 Å². The largest absolute Gasteiger partial charge is 0.339 e. The number of aryl methyl sites for hydroxylation is 1. The number of benzene rings is 1. The smallest absolute Gasteiger partial charge is 0.272 e. The quantitative estimate of drug-likeness (QED) is 0.520. The van der Waals surface area contributed by atoms with Crippen LogP contribution in [-0.4, -0.2) is 14.5 Å². The van der Waals surface area contributed by atoms with Crippen LogP contribution in [0.15, 0.2) is 47.5 Å². The van der Waals surface area contributed by atoms with Crippen molar-refractivity contribution < 1.29 is 0 Å². The average molecular weight is 249 g/mol. The van der Waals surface area contributed by atoms with Crippen molar-refractivity contribution in [2.75, 3.05) is 0 Å².